The van der Waals surface area contributed by atoms with Crippen LogP contribution in [0.2, 0.25) is 0 Å². The summed E-state index contributed by atoms with van der Waals surface area (Å²) in [4.78, 5) is 0. The molecule has 16 aromatic carbocycles. The van der Waals surface area contributed by atoms with E-state index in [9.17, 15) is 30.6 Å². The standard InChI is InChI=1S/C96H54O6/c97-85-52-49-70-13-1-4-19-79(70)91(85)94-82-22-10-7-16-76(82)73(58-88(94)100)46-43-64-31-25-61(26-32-64)37-40-67-55-68(41-38-62-27-33-65(34-28-62)44-47-74-59-89(101)95(83-23-11-8-17-77(74)83)92-80-20-5-2-14-71(80)50-53-86(92)98)57-69(56-67)42-39-63-29-35-66(36-30-63)45-48-75-60-90(102)96(84-24-12-9-18-78(75)84)93-81-21-6-3-15-72(81)51-54-87(93)99/h1-36,49-60,97-102H. The molecule has 0 aromatic heterocycles. The minimum absolute atomic E-state index is 0.0169. The van der Waals surface area contributed by atoms with Gasteiger partial charge in [0.2, 0.25) is 0 Å². The van der Waals surface area contributed by atoms with Crippen molar-refractivity contribution in [2.24, 2.45) is 0 Å². The van der Waals surface area contributed by atoms with Gasteiger partial charge in [-0.3, -0.25) is 0 Å². The lowest BCUT2D eigenvalue weighted by Gasteiger charge is -2.15. The first-order valence-electron chi connectivity index (χ1n) is 33.0. The molecule has 16 aromatic rings. The molecule has 0 saturated carbocycles. The Balaban J connectivity index is 0.687. The van der Waals surface area contributed by atoms with Gasteiger partial charge in [-0.2, -0.15) is 0 Å². The summed E-state index contributed by atoms with van der Waals surface area (Å²) in [5.74, 6) is 40.2. The highest BCUT2D eigenvalue weighted by atomic mass is 16.3. The molecule has 0 heterocycles. The highest BCUT2D eigenvalue weighted by Gasteiger charge is 2.22. The summed E-state index contributed by atoms with van der Waals surface area (Å²) in [7, 11) is 0. The summed E-state index contributed by atoms with van der Waals surface area (Å²) >= 11 is 0. The molecule has 0 amide bonds. The first-order valence-corrected chi connectivity index (χ1v) is 33.0. The summed E-state index contributed by atoms with van der Waals surface area (Å²) < 4.78 is 0. The van der Waals surface area contributed by atoms with Crippen LogP contribution in [-0.2, 0) is 0 Å². The Hall–Kier alpha value is -14.8. The molecular weight excluding hydrogens is 1250 g/mol. The van der Waals surface area contributed by atoms with Crippen LogP contribution in [0.3, 0.4) is 0 Å². The van der Waals surface area contributed by atoms with Crippen molar-refractivity contribution in [3.63, 3.8) is 0 Å². The quantitative estimate of drug-likeness (QED) is 0.0981. The molecule has 6 heteroatoms. The number of fused-ring (bicyclic) bond motifs is 6. The van der Waals surface area contributed by atoms with E-state index in [1.54, 1.807) is 36.4 Å². The predicted octanol–water partition coefficient (Wildman–Crippen LogP) is 20.2. The Labute approximate surface area is 588 Å². The lowest BCUT2D eigenvalue weighted by molar-refractivity contribution is 0.470. The molecule has 6 nitrogen and oxygen atoms in total. The second-order valence-electron chi connectivity index (χ2n) is 24.7. The molecule has 0 unspecified atom stereocenters. The summed E-state index contributed by atoms with van der Waals surface area (Å²) in [6, 6.07) is 91.2. The van der Waals surface area contributed by atoms with Gasteiger partial charge in [0.25, 0.3) is 0 Å². The summed E-state index contributed by atoms with van der Waals surface area (Å²) in [5, 5.41) is 78.7. The molecule has 0 aliphatic rings. The molecule has 0 radical (unpaired) electrons. The smallest absolute Gasteiger partial charge is 0.125 e. The van der Waals surface area contributed by atoms with Gasteiger partial charge < -0.3 is 30.6 Å². The average Bonchev–Trinajstić information content (AvgIpc) is 0.762. The Morgan fingerprint density at radius 3 is 0.598 bits per heavy atom. The lowest BCUT2D eigenvalue weighted by Crippen LogP contribution is -1.89. The molecule has 6 N–H and O–H groups in total. The maximum Gasteiger partial charge on any atom is 0.125 e. The predicted molar refractivity (Wildman–Crippen MR) is 412 cm³/mol. The van der Waals surface area contributed by atoms with E-state index in [1.165, 1.54) is 0 Å². The zero-order chi connectivity index (χ0) is 69.2. The van der Waals surface area contributed by atoms with Crippen molar-refractivity contribution >= 4 is 64.6 Å². The van der Waals surface area contributed by atoms with Crippen LogP contribution in [0, 0.1) is 71.0 Å². The van der Waals surface area contributed by atoms with E-state index in [1.807, 2.05) is 255 Å². The Morgan fingerprint density at radius 2 is 0.343 bits per heavy atom. The van der Waals surface area contributed by atoms with Crippen LogP contribution in [0.5, 0.6) is 34.5 Å². The minimum atomic E-state index is 0.0169. The zero-order valence-electron chi connectivity index (χ0n) is 54.4. The molecule has 0 atom stereocenters. The van der Waals surface area contributed by atoms with Gasteiger partial charge in [0.15, 0.2) is 0 Å². The molecule has 0 saturated heterocycles. The van der Waals surface area contributed by atoms with Gasteiger partial charge >= 0.3 is 0 Å². The Morgan fingerprint density at radius 1 is 0.147 bits per heavy atom. The van der Waals surface area contributed by atoms with E-state index in [0.29, 0.717) is 66.8 Å². The van der Waals surface area contributed by atoms with Crippen LogP contribution >= 0.6 is 0 Å². The SMILES string of the molecule is Oc1ccc2ccccc2c1-c1c(O)cc(C#Cc2ccc(C#Cc3cc(C#Cc4ccc(C#Cc5cc(O)c(-c6c(O)ccc7ccccc67)c6ccccc56)cc4)cc(C#Cc4ccc(C#Cc5cc(O)c(-c6c(O)ccc7ccccc67)c6ccccc56)cc4)c3)cc2)c2ccccc12. The third-order valence-electron chi connectivity index (χ3n) is 18.2. The van der Waals surface area contributed by atoms with Crippen LogP contribution in [0.25, 0.3) is 98.0 Å². The van der Waals surface area contributed by atoms with Gasteiger partial charge in [-0.25, -0.2) is 0 Å². The second kappa shape index (κ2) is 26.7. The molecule has 0 spiro atoms. The van der Waals surface area contributed by atoms with Gasteiger partial charge in [0, 0.05) is 100 Å². The topological polar surface area (TPSA) is 121 Å². The average molecular weight is 1300 g/mol. The van der Waals surface area contributed by atoms with E-state index in [4.69, 9.17) is 0 Å². The highest BCUT2D eigenvalue weighted by Crippen LogP contribution is 2.49. The zero-order valence-corrected chi connectivity index (χ0v) is 54.4. The van der Waals surface area contributed by atoms with Crippen molar-refractivity contribution in [2.75, 3.05) is 0 Å². The molecule has 0 aliphatic heterocycles. The fourth-order valence-electron chi connectivity index (χ4n) is 13.4. The number of phenols is 6. The van der Waals surface area contributed by atoms with E-state index in [-0.39, 0.29) is 34.5 Å². The fraction of sp³-hybridized carbons (Fsp3) is 0. The normalized spacial score (nSPS) is 10.7. The molecule has 16 rings (SSSR count). The number of hydrogen-bond donors (Lipinski definition) is 6. The Kier molecular flexibility index (Phi) is 16.2. The number of aromatic hydroxyl groups is 6. The number of benzene rings is 16. The minimum Gasteiger partial charge on any atom is -0.507 e. The first kappa shape index (κ1) is 62.1. The van der Waals surface area contributed by atoms with Crippen molar-refractivity contribution in [2.45, 2.75) is 0 Å². The van der Waals surface area contributed by atoms with Gasteiger partial charge in [-0.1, -0.05) is 235 Å². The number of phenolic OH excluding ortho intramolecular Hbond substituents is 6. The second-order valence-corrected chi connectivity index (χ2v) is 24.7. The van der Waals surface area contributed by atoms with Crippen molar-refractivity contribution in [3.8, 4) is 139 Å². The summed E-state index contributed by atoms with van der Waals surface area (Å²) in [5.41, 5.74) is 12.0. The maximum absolute atomic E-state index is 11.6. The Bertz CT molecular complexity index is 5940. The molecule has 474 valence electrons. The van der Waals surface area contributed by atoms with Crippen LogP contribution < -0.4 is 0 Å². The summed E-state index contributed by atoms with van der Waals surface area (Å²) in [6.07, 6.45) is 0. The van der Waals surface area contributed by atoms with Gasteiger partial charge in [-0.15, -0.1) is 0 Å². The monoisotopic (exact) mass is 1300 g/mol. The summed E-state index contributed by atoms with van der Waals surface area (Å²) in [6.45, 7) is 0. The molecule has 0 fully saturated rings. The largest absolute Gasteiger partial charge is 0.507 e. The first-order chi connectivity index (χ1) is 50.0. The molecule has 0 aliphatic carbocycles. The third kappa shape index (κ3) is 12.2. The highest BCUT2D eigenvalue weighted by molar-refractivity contribution is 6.14. The van der Waals surface area contributed by atoms with Crippen molar-refractivity contribution in [1.29, 1.82) is 0 Å². The van der Waals surface area contributed by atoms with Crippen molar-refractivity contribution < 1.29 is 30.6 Å². The molecule has 102 heavy (non-hydrogen) atoms. The number of hydrogen-bond acceptors (Lipinski definition) is 6. The fourth-order valence-corrected chi connectivity index (χ4v) is 13.4. The van der Waals surface area contributed by atoms with Crippen LogP contribution in [0.15, 0.2) is 291 Å². The van der Waals surface area contributed by atoms with E-state index < -0.39 is 0 Å². The molecular formula is C96H54O6. The van der Waals surface area contributed by atoms with Gasteiger partial charge in [0.05, 0.1) is 0 Å². The van der Waals surface area contributed by atoms with Crippen LogP contribution in [-0.4, -0.2) is 30.6 Å². The lowest BCUT2D eigenvalue weighted by atomic mass is 9.90. The van der Waals surface area contributed by atoms with Crippen LogP contribution in [0.4, 0.5) is 0 Å². The van der Waals surface area contributed by atoms with Crippen molar-refractivity contribution in [1.82, 2.24) is 0 Å². The maximum atomic E-state index is 11.6. The van der Waals surface area contributed by atoms with E-state index >= 15 is 0 Å². The van der Waals surface area contributed by atoms with Gasteiger partial charge in [0.1, 0.15) is 34.5 Å². The van der Waals surface area contributed by atoms with E-state index in [2.05, 4.69) is 71.0 Å². The third-order valence-corrected chi connectivity index (χ3v) is 18.2. The van der Waals surface area contributed by atoms with Gasteiger partial charge in [-0.05, 0) is 192 Å². The number of rotatable bonds is 3. The van der Waals surface area contributed by atoms with Crippen LogP contribution in [0.1, 0.15) is 66.8 Å². The molecule has 0 bridgehead atoms. The van der Waals surface area contributed by atoms with Crippen molar-refractivity contribution in [3.05, 3.63) is 358 Å². The van der Waals surface area contributed by atoms with E-state index in [0.717, 1.165) is 98.0 Å².